The molecule has 7 rings (SSSR count). The van der Waals surface area contributed by atoms with E-state index in [-0.39, 0.29) is 28.4 Å². The molecule has 0 unspecified atom stereocenters. The number of amides is 3. The van der Waals surface area contributed by atoms with Crippen LogP contribution in [-0.4, -0.2) is 104 Å². The second kappa shape index (κ2) is 22.5. The summed E-state index contributed by atoms with van der Waals surface area (Å²) in [6.07, 6.45) is 10.5. The highest BCUT2D eigenvalue weighted by molar-refractivity contribution is 5.99. The number of imide groups is 1. The number of unbranched alkanes of at least 4 members (excludes halogenated alkanes) is 1. The van der Waals surface area contributed by atoms with Crippen molar-refractivity contribution < 1.29 is 36.7 Å². The van der Waals surface area contributed by atoms with Gasteiger partial charge in [0.25, 0.3) is 0 Å². The lowest BCUT2D eigenvalue weighted by Crippen LogP contribution is -2.47. The predicted molar refractivity (Wildman–Crippen MR) is 244 cm³/mol. The molecule has 0 saturated carbocycles. The maximum Gasteiger partial charge on any atom is 0.226 e. The third kappa shape index (κ3) is 11.8. The van der Waals surface area contributed by atoms with Gasteiger partial charge in [-0.3, -0.25) is 24.4 Å². The highest BCUT2D eigenvalue weighted by Gasteiger charge is 2.28. The van der Waals surface area contributed by atoms with Gasteiger partial charge in [-0.2, -0.15) is 5.10 Å². The molecule has 2 aliphatic heterocycles. The van der Waals surface area contributed by atoms with Crippen LogP contribution in [0.5, 0.6) is 5.75 Å². The van der Waals surface area contributed by atoms with Gasteiger partial charge in [0.15, 0.2) is 17.5 Å². The number of H-pyrrole nitrogens is 1. The maximum atomic E-state index is 16.2. The van der Waals surface area contributed by atoms with Crippen LogP contribution in [0.3, 0.4) is 0 Å². The molecular formula is C47H57F4N9O4. The van der Waals surface area contributed by atoms with E-state index in [1.54, 1.807) is 62.4 Å². The number of methoxy groups -OCH3 is 1. The van der Waals surface area contributed by atoms with Crippen molar-refractivity contribution in [3.8, 4) is 16.9 Å². The third-order valence-corrected chi connectivity index (χ3v) is 10.9. The van der Waals surface area contributed by atoms with Crippen LogP contribution < -0.4 is 25.6 Å². The van der Waals surface area contributed by atoms with Crippen LogP contribution in [0.2, 0.25) is 0 Å². The van der Waals surface area contributed by atoms with E-state index in [1.165, 1.54) is 18.1 Å². The molecule has 3 aromatic carbocycles. The summed E-state index contributed by atoms with van der Waals surface area (Å²) >= 11 is 0. The second-order valence-corrected chi connectivity index (χ2v) is 15.7. The number of aromatic nitrogens is 3. The highest BCUT2D eigenvalue weighted by Crippen LogP contribution is 2.40. The van der Waals surface area contributed by atoms with Gasteiger partial charge in [-0.05, 0) is 61.2 Å². The van der Waals surface area contributed by atoms with Gasteiger partial charge in [-0.1, -0.05) is 26.0 Å². The summed E-state index contributed by atoms with van der Waals surface area (Å²) in [6, 6.07) is 11.2. The summed E-state index contributed by atoms with van der Waals surface area (Å²) in [5.74, 6) is -2.73. The van der Waals surface area contributed by atoms with Gasteiger partial charge >= 0.3 is 0 Å². The number of hydrogen-bond donors (Lipinski definition) is 3. The van der Waals surface area contributed by atoms with Crippen molar-refractivity contribution in [1.29, 1.82) is 0 Å². The van der Waals surface area contributed by atoms with E-state index in [2.05, 4.69) is 26.9 Å². The lowest BCUT2D eigenvalue weighted by Gasteiger charge is -2.37. The molecule has 13 nitrogen and oxygen atoms in total. The topological polar surface area (TPSA) is 145 Å². The molecule has 0 atom stereocenters. The average Bonchev–Trinajstić information content (AvgIpc) is 3.97. The molecule has 1 saturated heterocycles. The number of anilines is 3. The Morgan fingerprint density at radius 3 is 2.28 bits per heavy atom. The molecule has 1 fully saturated rings. The molecule has 17 heteroatoms. The quantitative estimate of drug-likeness (QED) is 0.0582. The number of nitrogens with one attached hydrogen (secondary N) is 2. The zero-order valence-electron chi connectivity index (χ0n) is 37.0. The van der Waals surface area contributed by atoms with Crippen molar-refractivity contribution >= 4 is 52.3 Å². The molecule has 4 N–H and O–H groups in total. The highest BCUT2D eigenvalue weighted by atomic mass is 19.2. The van der Waals surface area contributed by atoms with Gasteiger partial charge in [0.1, 0.15) is 11.6 Å². The first-order valence-corrected chi connectivity index (χ1v) is 21.1. The zero-order chi connectivity index (χ0) is 46.5. The van der Waals surface area contributed by atoms with Crippen LogP contribution in [0.4, 0.5) is 34.6 Å². The lowest BCUT2D eigenvalue weighted by molar-refractivity contribution is -0.125. The Bertz CT molecular complexity index is 2440. The summed E-state index contributed by atoms with van der Waals surface area (Å²) < 4.78 is 70.2. The zero-order valence-corrected chi connectivity index (χ0v) is 37.0. The van der Waals surface area contributed by atoms with Crippen LogP contribution >= 0.6 is 0 Å². The lowest BCUT2D eigenvalue weighted by atomic mass is 9.92. The molecule has 3 amide bonds. The minimum absolute atomic E-state index is 0.0445. The Balaban J connectivity index is 0.000000478. The van der Waals surface area contributed by atoms with Gasteiger partial charge < -0.3 is 35.1 Å². The van der Waals surface area contributed by atoms with Crippen LogP contribution in [0.15, 0.2) is 73.2 Å². The van der Waals surface area contributed by atoms with E-state index in [0.29, 0.717) is 98.6 Å². The molecule has 2 aliphatic rings. The Morgan fingerprint density at radius 2 is 1.66 bits per heavy atom. The fourth-order valence-corrected chi connectivity index (χ4v) is 7.53. The van der Waals surface area contributed by atoms with Crippen molar-refractivity contribution in [2.24, 2.45) is 0 Å². The van der Waals surface area contributed by atoms with Crippen molar-refractivity contribution in [2.45, 2.75) is 52.5 Å². The Hall–Kier alpha value is -6.78. The largest absolute Gasteiger partial charge is 0.495 e. The molecule has 2 aromatic heterocycles. The van der Waals surface area contributed by atoms with E-state index in [9.17, 15) is 18.8 Å². The fraction of sp³-hybridized carbons (Fsp3) is 0.362. The molecule has 0 spiro atoms. The number of hydrogen-bond acceptors (Lipinski definition) is 9. The summed E-state index contributed by atoms with van der Waals surface area (Å²) in [7, 11) is 4.84. The number of benzene rings is 3. The first-order chi connectivity index (χ1) is 30.7. The van der Waals surface area contributed by atoms with E-state index in [1.807, 2.05) is 34.8 Å². The van der Waals surface area contributed by atoms with Crippen molar-refractivity contribution in [3.63, 3.8) is 0 Å². The number of ether oxygens (including phenoxy) is 1. The number of rotatable bonds is 14. The molecular weight excluding hydrogens is 831 g/mol. The van der Waals surface area contributed by atoms with Crippen molar-refractivity contribution in [2.75, 3.05) is 76.0 Å². The smallest absolute Gasteiger partial charge is 0.226 e. The van der Waals surface area contributed by atoms with Gasteiger partial charge in [-0.25, -0.2) is 17.6 Å². The molecule has 5 aromatic rings. The Kier molecular flexibility index (Phi) is 17.0. The SMILES string of the molecule is C=C(CCn1cccn1)N1CCC=C(c2cc(-c3ccc(N4CCN(c5cc(OC)c(N)cc5F)CC4)c(F)c3F)c3cc(C)[nH]c3c2F)C1.CCCCC(=O)NC=O.CN(C)C=O. The molecule has 342 valence electrons. The minimum Gasteiger partial charge on any atom is -0.495 e. The number of carbonyl (C=O) groups excluding carboxylic acids is 3. The monoisotopic (exact) mass is 887 g/mol. The van der Waals surface area contributed by atoms with Crippen LogP contribution in [0, 0.1) is 30.2 Å². The van der Waals surface area contributed by atoms with E-state index < -0.39 is 23.3 Å². The predicted octanol–water partition coefficient (Wildman–Crippen LogP) is 7.66. The van der Waals surface area contributed by atoms with Gasteiger partial charge in [0.2, 0.25) is 18.7 Å². The number of nitrogen functional groups attached to an aromatic ring is 1. The summed E-state index contributed by atoms with van der Waals surface area (Å²) in [5, 5.41) is 6.79. The number of fused-ring (bicyclic) bond motifs is 1. The maximum absolute atomic E-state index is 16.2. The molecule has 0 radical (unpaired) electrons. The van der Waals surface area contributed by atoms with Crippen LogP contribution in [0.25, 0.3) is 27.6 Å². The number of aryl methyl sites for hydroxylation is 2. The molecule has 0 bridgehead atoms. The standard InChI is InChI=1S/C38H39F4N7O.C6H11NO2.C3H7NO/c1-23-18-29-28(19-27(36(41)38(29)45-23)25-6-4-11-48(22-25)24(2)9-13-49-12-5-10-44-49)26-7-8-32(37(42)35(26)40)46-14-16-47(17-15-46)33-21-34(50-3)31(43)20-30(33)39;1-2-3-4-6(9)7-5-8;1-4(2)3-5/h5-8,10,12,18-21,45H,2,4,9,11,13-17,22,43H2,1,3H3;5H,2-4H2,1H3,(H,7,8,9);3H,1-2H3. The van der Waals surface area contributed by atoms with Gasteiger partial charge in [0.05, 0.1) is 29.7 Å². The molecule has 0 aliphatic carbocycles. The van der Waals surface area contributed by atoms with Gasteiger partial charge in [-0.15, -0.1) is 0 Å². The first-order valence-electron chi connectivity index (χ1n) is 21.1. The first kappa shape index (κ1) is 48.3. The Labute approximate surface area is 371 Å². The van der Waals surface area contributed by atoms with E-state index >= 15 is 13.2 Å². The van der Waals surface area contributed by atoms with Crippen molar-refractivity contribution in [3.05, 3.63) is 108 Å². The third-order valence-electron chi connectivity index (χ3n) is 10.9. The fourth-order valence-electron chi connectivity index (χ4n) is 7.53. The Morgan fingerprint density at radius 1 is 0.953 bits per heavy atom. The van der Waals surface area contributed by atoms with Crippen molar-refractivity contribution in [1.82, 2.24) is 29.9 Å². The van der Waals surface area contributed by atoms with Crippen LogP contribution in [0.1, 0.15) is 50.3 Å². The number of allylic oxidation sites excluding steroid dienone is 1. The van der Waals surface area contributed by atoms with Gasteiger partial charge in [0, 0.05) is 125 Å². The minimum atomic E-state index is -1.01. The van der Waals surface area contributed by atoms with E-state index in [4.69, 9.17) is 10.5 Å². The molecule has 64 heavy (non-hydrogen) atoms. The number of nitrogens with two attached hydrogens (primary N) is 1. The normalized spacial score (nSPS) is 13.6. The van der Waals surface area contributed by atoms with E-state index in [0.717, 1.165) is 37.1 Å². The number of nitrogens with zero attached hydrogens (tertiary/aromatic N) is 6. The molecule has 4 heterocycles. The summed E-state index contributed by atoms with van der Waals surface area (Å²) in [6.45, 7) is 11.4. The number of aromatic amines is 1. The second-order valence-electron chi connectivity index (χ2n) is 15.7. The average molecular weight is 888 g/mol. The number of halogens is 4. The summed E-state index contributed by atoms with van der Waals surface area (Å²) in [4.78, 5) is 39.8. The summed E-state index contributed by atoms with van der Waals surface area (Å²) in [5.41, 5.74) is 9.91. The number of carbonyl (C=O) groups is 3. The number of piperazine rings is 1. The van der Waals surface area contributed by atoms with Crippen LogP contribution in [-0.2, 0) is 20.9 Å².